The zero-order valence-corrected chi connectivity index (χ0v) is 51.6. The van der Waals surface area contributed by atoms with Gasteiger partial charge in [0.1, 0.15) is 19.3 Å². The van der Waals surface area contributed by atoms with Gasteiger partial charge in [-0.25, -0.2) is 4.57 Å². The van der Waals surface area contributed by atoms with E-state index in [1.54, 1.807) is 0 Å². The number of hydrogen-bond donors (Lipinski definition) is 2. The fraction of sp³-hybridized carbons (Fsp3) is 0.731. The molecule has 0 bridgehead atoms. The quantitative estimate of drug-likeness (QED) is 0.0156. The molecule has 9 nitrogen and oxygen atoms in total. The van der Waals surface area contributed by atoms with E-state index in [4.69, 9.17) is 13.8 Å². The maximum atomic E-state index is 13.5. The zero-order valence-electron chi connectivity index (χ0n) is 50.7. The fourth-order valence-corrected chi connectivity index (χ4v) is 9.53. The molecule has 0 aromatic rings. The second-order valence-corrected chi connectivity index (χ2v) is 23.8. The van der Waals surface area contributed by atoms with Gasteiger partial charge < -0.3 is 19.4 Å². The van der Waals surface area contributed by atoms with E-state index in [1.807, 2.05) is 94.1 Å². The van der Waals surface area contributed by atoms with Crippen molar-refractivity contribution >= 4 is 19.7 Å². The number of carbonyl (C=O) groups is 2. The minimum absolute atomic E-state index is 0.0269. The molecule has 0 aliphatic rings. The number of likely N-dealkylation sites (N-methyl/N-ethyl adjacent to an activating group) is 1. The second-order valence-electron chi connectivity index (χ2n) is 22.4. The first-order valence-electron chi connectivity index (χ1n) is 31.6. The van der Waals surface area contributed by atoms with E-state index in [0.717, 1.165) is 64.2 Å². The van der Waals surface area contributed by atoms with Crippen molar-refractivity contribution in [2.45, 2.75) is 277 Å². The summed E-state index contributed by atoms with van der Waals surface area (Å²) in [6, 6.07) is -0.876. The average Bonchev–Trinajstić information content (AvgIpc) is 3.39. The summed E-state index contributed by atoms with van der Waals surface area (Å²) in [7, 11) is 1.45. The zero-order chi connectivity index (χ0) is 56.4. The fourth-order valence-electron chi connectivity index (χ4n) is 8.79. The predicted octanol–water partition coefficient (Wildman–Crippen LogP) is 19.6. The van der Waals surface area contributed by atoms with Gasteiger partial charge in [-0.15, -0.1) is 0 Å². The molecule has 0 spiro atoms. The lowest BCUT2D eigenvalue weighted by molar-refractivity contribution is -0.870. The van der Waals surface area contributed by atoms with Crippen LogP contribution in [0, 0.1) is 0 Å². The van der Waals surface area contributed by atoms with Crippen molar-refractivity contribution in [3.8, 4) is 0 Å². The van der Waals surface area contributed by atoms with Crippen LogP contribution < -0.4 is 5.32 Å². The molecule has 0 rings (SSSR count). The molecule has 0 aliphatic heterocycles. The standard InChI is InChI=1S/C67H119N2O7P/c1-7-10-13-16-19-22-25-27-29-31-32-33-34-35-36-38-40-42-45-48-51-54-57-60-67(71)76-65(58-55-52-49-46-43-24-21-18-15-12-9-3)64(63-75-77(72,73)74-62-61-69(4,5)6)68-66(70)59-56-53-50-47-44-41-39-37-30-28-26-23-20-17-14-11-8-2/h11,14,17,20,23,26-30,37,39,41,44,55,58,64-65H,7-10,12-13,15-16,18-19,21-22,24-25,31-36,38,40,42-43,45-54,56-57,59-63H2,1-6H3,(H-,68,70,72,73)/p+1/b14-11-,20-17+,26-23+,29-27+,30-28-,39-37+,44-41+,58-55-. The molecule has 3 atom stereocenters. The van der Waals surface area contributed by atoms with Crippen LogP contribution in [0.4, 0.5) is 0 Å². The lowest BCUT2D eigenvalue weighted by Gasteiger charge is -2.27. The van der Waals surface area contributed by atoms with Gasteiger partial charge in [0, 0.05) is 12.8 Å². The number of unbranched alkanes of at least 4 members (excludes halogenated alkanes) is 31. The highest BCUT2D eigenvalue weighted by Gasteiger charge is 2.30. The van der Waals surface area contributed by atoms with Gasteiger partial charge in [0.25, 0.3) is 0 Å². The number of phosphoric ester groups is 1. The van der Waals surface area contributed by atoms with Gasteiger partial charge in [-0.05, 0) is 76.7 Å². The van der Waals surface area contributed by atoms with E-state index in [1.165, 1.54) is 161 Å². The number of phosphoric acid groups is 1. The van der Waals surface area contributed by atoms with Crippen molar-refractivity contribution in [3.63, 3.8) is 0 Å². The molecule has 0 aromatic heterocycles. The van der Waals surface area contributed by atoms with E-state index in [-0.39, 0.29) is 37.9 Å². The van der Waals surface area contributed by atoms with E-state index in [0.29, 0.717) is 17.4 Å². The maximum Gasteiger partial charge on any atom is 0.472 e. The van der Waals surface area contributed by atoms with Crippen molar-refractivity contribution in [2.24, 2.45) is 0 Å². The molecule has 0 saturated carbocycles. The number of carbonyl (C=O) groups excluding carboxylic acids is 2. The summed E-state index contributed by atoms with van der Waals surface area (Å²) >= 11 is 0. The maximum absolute atomic E-state index is 13.5. The minimum atomic E-state index is -4.47. The third-order valence-corrected chi connectivity index (χ3v) is 14.7. The highest BCUT2D eigenvalue weighted by Crippen LogP contribution is 2.43. The smallest absolute Gasteiger partial charge is 0.456 e. The topological polar surface area (TPSA) is 111 Å². The summed E-state index contributed by atoms with van der Waals surface area (Å²) in [6.07, 6.45) is 75.6. The van der Waals surface area contributed by atoms with E-state index in [2.05, 4.69) is 50.4 Å². The third-order valence-electron chi connectivity index (χ3n) is 13.7. The summed E-state index contributed by atoms with van der Waals surface area (Å²) in [6.45, 7) is 6.82. The molecule has 1 amide bonds. The average molecular weight is 1100 g/mol. The highest BCUT2D eigenvalue weighted by molar-refractivity contribution is 7.47. The molecule has 444 valence electrons. The molecule has 77 heavy (non-hydrogen) atoms. The Bertz CT molecular complexity index is 1640. The Morgan fingerprint density at radius 1 is 0.468 bits per heavy atom. The van der Waals surface area contributed by atoms with Gasteiger partial charge in [-0.3, -0.25) is 18.6 Å². The first-order chi connectivity index (χ1) is 37.4. The Morgan fingerprint density at radius 2 is 0.844 bits per heavy atom. The molecule has 0 aliphatic carbocycles. The van der Waals surface area contributed by atoms with Crippen molar-refractivity contribution in [2.75, 3.05) is 40.9 Å². The largest absolute Gasteiger partial charge is 0.472 e. The lowest BCUT2D eigenvalue weighted by atomic mass is 10.0. The number of hydrogen-bond acceptors (Lipinski definition) is 6. The van der Waals surface area contributed by atoms with E-state index >= 15 is 0 Å². The Hall–Kier alpha value is -3.07. The Kier molecular flexibility index (Phi) is 54.0. The molecular weight excluding hydrogens is 976 g/mol. The van der Waals surface area contributed by atoms with Gasteiger partial charge in [0.2, 0.25) is 5.91 Å². The summed E-state index contributed by atoms with van der Waals surface area (Å²) in [5.41, 5.74) is 0. The van der Waals surface area contributed by atoms with Crippen LogP contribution in [0.5, 0.6) is 0 Å². The molecule has 2 N–H and O–H groups in total. The van der Waals surface area contributed by atoms with Crippen molar-refractivity contribution in [1.29, 1.82) is 0 Å². The van der Waals surface area contributed by atoms with Crippen LogP contribution in [0.3, 0.4) is 0 Å². The molecule has 0 saturated heterocycles. The van der Waals surface area contributed by atoms with Gasteiger partial charge in [-0.2, -0.15) is 0 Å². The van der Waals surface area contributed by atoms with Crippen molar-refractivity contribution in [1.82, 2.24) is 5.32 Å². The molecule has 10 heteroatoms. The van der Waals surface area contributed by atoms with Gasteiger partial charge >= 0.3 is 13.8 Å². The van der Waals surface area contributed by atoms with E-state index in [9.17, 15) is 19.0 Å². The number of allylic oxidation sites excluding steroid dienone is 15. The van der Waals surface area contributed by atoms with Crippen LogP contribution in [0.1, 0.15) is 265 Å². The van der Waals surface area contributed by atoms with Crippen molar-refractivity contribution < 1.29 is 37.3 Å². The van der Waals surface area contributed by atoms with Crippen LogP contribution in [0.25, 0.3) is 0 Å². The lowest BCUT2D eigenvalue weighted by Crippen LogP contribution is -2.47. The first-order valence-corrected chi connectivity index (χ1v) is 33.1. The molecule has 0 heterocycles. The normalized spacial score (nSPS) is 14.3. The number of nitrogens with zero attached hydrogens (tertiary/aromatic N) is 1. The Morgan fingerprint density at radius 3 is 1.30 bits per heavy atom. The highest BCUT2D eigenvalue weighted by atomic mass is 31.2. The van der Waals surface area contributed by atoms with Crippen molar-refractivity contribution in [3.05, 3.63) is 97.2 Å². The molecule has 0 fully saturated rings. The number of ether oxygens (including phenoxy) is 1. The predicted molar refractivity (Wildman–Crippen MR) is 332 cm³/mol. The van der Waals surface area contributed by atoms with Gasteiger partial charge in [0.05, 0.1) is 33.8 Å². The molecule has 0 radical (unpaired) electrons. The Labute approximate surface area is 475 Å². The first kappa shape index (κ1) is 73.9. The van der Waals surface area contributed by atoms with Crippen LogP contribution in [0.2, 0.25) is 0 Å². The molecule has 3 unspecified atom stereocenters. The van der Waals surface area contributed by atoms with Gasteiger partial charge in [0.15, 0.2) is 0 Å². The summed E-state index contributed by atoms with van der Waals surface area (Å²) in [4.78, 5) is 37.7. The van der Waals surface area contributed by atoms with Crippen LogP contribution in [0.15, 0.2) is 97.2 Å². The second kappa shape index (κ2) is 56.2. The van der Waals surface area contributed by atoms with E-state index < -0.39 is 20.0 Å². The number of quaternary nitrogens is 1. The molecule has 0 aromatic carbocycles. The number of esters is 1. The summed E-state index contributed by atoms with van der Waals surface area (Å²) in [5, 5.41) is 3.03. The van der Waals surface area contributed by atoms with Crippen LogP contribution >= 0.6 is 7.82 Å². The van der Waals surface area contributed by atoms with Gasteiger partial charge in [-0.1, -0.05) is 272 Å². The SMILES string of the molecule is CC\C=C/C=C/C=C/C=C\C=C\C=C\CCCCCC(=O)NC(COP(=O)(O)OCC[N+](C)(C)C)C(/C=C\CCCCCCCCCCC)OC(=O)CCCCCCCCCCCCCCC/C=C/CCCCCCCC. The summed E-state index contributed by atoms with van der Waals surface area (Å²) in [5.74, 6) is -0.557. The number of rotatable bonds is 56. The monoisotopic (exact) mass is 1100 g/mol. The number of nitrogens with one attached hydrogen (secondary N) is 1. The third kappa shape index (κ3) is 57.4. The van der Waals surface area contributed by atoms with Crippen LogP contribution in [-0.2, 0) is 27.9 Å². The number of amides is 1. The van der Waals surface area contributed by atoms with Crippen LogP contribution in [-0.4, -0.2) is 74.3 Å². The Balaban J connectivity index is 5.21. The minimum Gasteiger partial charge on any atom is -0.456 e. The molecular formula is C67H120N2O7P+. The summed E-state index contributed by atoms with van der Waals surface area (Å²) < 4.78 is 30.7.